The largest absolute Gasteiger partial charge is 0.384 e. The van der Waals surface area contributed by atoms with Gasteiger partial charge in [-0.2, -0.15) is 5.26 Å². The lowest BCUT2D eigenvalue weighted by molar-refractivity contribution is -0.118. The first-order chi connectivity index (χ1) is 8.13. The smallest absolute Gasteiger partial charge is 0.217 e. The number of rotatable bonds is 6. The molecule has 0 unspecified atom stereocenters. The van der Waals surface area contributed by atoms with E-state index in [0.717, 1.165) is 30.6 Å². The van der Waals surface area contributed by atoms with Crippen LogP contribution in [0.4, 0.5) is 5.69 Å². The van der Waals surface area contributed by atoms with E-state index in [-0.39, 0.29) is 5.91 Å². The molecule has 0 spiro atoms. The molecule has 0 fully saturated rings. The molecule has 0 bridgehead atoms. The van der Waals surface area contributed by atoms with E-state index in [4.69, 9.17) is 11.0 Å². The number of carbonyl (C=O) groups excluding carboxylic acids is 1. The Hall–Kier alpha value is -2.02. The number of primary amides is 1. The van der Waals surface area contributed by atoms with Crippen molar-refractivity contribution in [3.8, 4) is 6.07 Å². The standard InChI is InChI=1S/C13H17N3O/c1-10-5-6-11(9-14)12(8-10)16-7-3-2-4-13(15)17/h5-6,8,16H,2-4,7H2,1H3,(H2,15,17). The highest BCUT2D eigenvalue weighted by molar-refractivity contribution is 5.73. The van der Waals surface area contributed by atoms with Crippen molar-refractivity contribution in [2.75, 3.05) is 11.9 Å². The average Bonchev–Trinajstić information content (AvgIpc) is 2.28. The van der Waals surface area contributed by atoms with Gasteiger partial charge in [-0.3, -0.25) is 4.79 Å². The number of unbranched alkanes of at least 4 members (excludes halogenated alkanes) is 1. The van der Waals surface area contributed by atoms with Crippen molar-refractivity contribution in [2.45, 2.75) is 26.2 Å². The SMILES string of the molecule is Cc1ccc(C#N)c(NCCCCC(N)=O)c1. The molecule has 4 nitrogen and oxygen atoms in total. The Bertz CT molecular complexity index is 435. The van der Waals surface area contributed by atoms with Gasteiger partial charge in [0.15, 0.2) is 0 Å². The molecule has 0 heterocycles. The molecule has 0 aliphatic rings. The monoisotopic (exact) mass is 231 g/mol. The summed E-state index contributed by atoms with van der Waals surface area (Å²) >= 11 is 0. The van der Waals surface area contributed by atoms with Crippen LogP contribution < -0.4 is 11.1 Å². The van der Waals surface area contributed by atoms with Crippen LogP contribution in [0.1, 0.15) is 30.4 Å². The van der Waals surface area contributed by atoms with Crippen molar-refractivity contribution < 1.29 is 4.79 Å². The second-order valence-corrected chi connectivity index (χ2v) is 4.01. The van der Waals surface area contributed by atoms with Crippen LogP contribution in [-0.4, -0.2) is 12.5 Å². The summed E-state index contributed by atoms with van der Waals surface area (Å²) in [5, 5.41) is 12.1. The maximum Gasteiger partial charge on any atom is 0.217 e. The fourth-order valence-corrected chi connectivity index (χ4v) is 1.55. The number of anilines is 1. The van der Waals surface area contributed by atoms with E-state index in [1.54, 1.807) is 6.07 Å². The summed E-state index contributed by atoms with van der Waals surface area (Å²) in [6, 6.07) is 7.82. The van der Waals surface area contributed by atoms with E-state index in [0.29, 0.717) is 12.0 Å². The summed E-state index contributed by atoms with van der Waals surface area (Å²) in [6.07, 6.45) is 2.05. The fraction of sp³-hybridized carbons (Fsp3) is 0.385. The Morgan fingerprint density at radius 3 is 2.88 bits per heavy atom. The minimum Gasteiger partial charge on any atom is -0.384 e. The molecular formula is C13H17N3O. The molecule has 1 aromatic carbocycles. The Labute approximate surface area is 101 Å². The van der Waals surface area contributed by atoms with Crippen molar-refractivity contribution in [2.24, 2.45) is 5.73 Å². The lowest BCUT2D eigenvalue weighted by Gasteiger charge is -2.08. The molecule has 0 saturated carbocycles. The number of nitrogens with two attached hydrogens (primary N) is 1. The molecule has 0 atom stereocenters. The summed E-state index contributed by atoms with van der Waals surface area (Å²) in [4.78, 5) is 10.5. The highest BCUT2D eigenvalue weighted by atomic mass is 16.1. The summed E-state index contributed by atoms with van der Waals surface area (Å²) in [5.74, 6) is -0.265. The second kappa shape index (κ2) is 6.54. The Kier molecular flexibility index (Phi) is 5.02. The third-order valence-corrected chi connectivity index (χ3v) is 2.46. The van der Waals surface area contributed by atoms with E-state index >= 15 is 0 Å². The third-order valence-electron chi connectivity index (χ3n) is 2.46. The van der Waals surface area contributed by atoms with Gasteiger partial charge in [0.25, 0.3) is 0 Å². The molecule has 0 aliphatic heterocycles. The Morgan fingerprint density at radius 1 is 1.47 bits per heavy atom. The second-order valence-electron chi connectivity index (χ2n) is 4.01. The third kappa shape index (κ3) is 4.56. The zero-order valence-electron chi connectivity index (χ0n) is 9.99. The van der Waals surface area contributed by atoms with Gasteiger partial charge in [0.2, 0.25) is 5.91 Å². The van der Waals surface area contributed by atoms with Crippen molar-refractivity contribution >= 4 is 11.6 Å². The number of hydrogen-bond acceptors (Lipinski definition) is 3. The molecule has 3 N–H and O–H groups in total. The first-order valence-corrected chi connectivity index (χ1v) is 5.66. The summed E-state index contributed by atoms with van der Waals surface area (Å²) in [6.45, 7) is 2.73. The van der Waals surface area contributed by atoms with Gasteiger partial charge in [0.05, 0.1) is 11.3 Å². The number of amides is 1. The molecule has 0 aromatic heterocycles. The van der Waals surface area contributed by atoms with Gasteiger partial charge in [-0.05, 0) is 37.5 Å². The topological polar surface area (TPSA) is 78.9 Å². The number of benzene rings is 1. The van der Waals surface area contributed by atoms with Crippen LogP contribution in [0.15, 0.2) is 18.2 Å². The van der Waals surface area contributed by atoms with Gasteiger partial charge in [0, 0.05) is 13.0 Å². The van der Waals surface area contributed by atoms with Gasteiger partial charge >= 0.3 is 0 Å². The minimum absolute atomic E-state index is 0.265. The molecule has 0 radical (unpaired) electrons. The zero-order chi connectivity index (χ0) is 12.7. The zero-order valence-corrected chi connectivity index (χ0v) is 9.99. The van der Waals surface area contributed by atoms with Gasteiger partial charge in [-0.25, -0.2) is 0 Å². The van der Waals surface area contributed by atoms with Crippen LogP contribution in [0.3, 0.4) is 0 Å². The summed E-state index contributed by atoms with van der Waals surface area (Å²) in [7, 11) is 0. The van der Waals surface area contributed by atoms with E-state index in [1.165, 1.54) is 0 Å². The van der Waals surface area contributed by atoms with Gasteiger partial charge in [-0.1, -0.05) is 6.07 Å². The first-order valence-electron chi connectivity index (χ1n) is 5.66. The van der Waals surface area contributed by atoms with Crippen LogP contribution in [-0.2, 0) is 4.79 Å². The molecule has 1 rings (SSSR count). The number of carbonyl (C=O) groups is 1. The van der Waals surface area contributed by atoms with Gasteiger partial charge in [0.1, 0.15) is 6.07 Å². The van der Waals surface area contributed by atoms with Crippen LogP contribution in [0.25, 0.3) is 0 Å². The van der Waals surface area contributed by atoms with Gasteiger partial charge < -0.3 is 11.1 Å². The number of aryl methyl sites for hydroxylation is 1. The predicted molar refractivity (Wildman–Crippen MR) is 67.4 cm³/mol. The molecular weight excluding hydrogens is 214 g/mol. The highest BCUT2D eigenvalue weighted by Crippen LogP contribution is 2.16. The summed E-state index contributed by atoms with van der Waals surface area (Å²) in [5.41, 5.74) is 7.66. The molecule has 1 amide bonds. The lowest BCUT2D eigenvalue weighted by Crippen LogP contribution is -2.11. The Balaban J connectivity index is 2.43. The fourth-order valence-electron chi connectivity index (χ4n) is 1.55. The summed E-state index contributed by atoms with van der Waals surface area (Å²) < 4.78 is 0. The van der Waals surface area contributed by atoms with Crippen molar-refractivity contribution in [3.63, 3.8) is 0 Å². The maximum atomic E-state index is 10.5. The maximum absolute atomic E-state index is 10.5. The van der Waals surface area contributed by atoms with Crippen molar-refractivity contribution in [3.05, 3.63) is 29.3 Å². The van der Waals surface area contributed by atoms with Crippen LogP contribution in [0.2, 0.25) is 0 Å². The highest BCUT2D eigenvalue weighted by Gasteiger charge is 2.01. The first kappa shape index (κ1) is 13.0. The van der Waals surface area contributed by atoms with Crippen LogP contribution in [0.5, 0.6) is 0 Å². The molecule has 1 aromatic rings. The average molecular weight is 231 g/mol. The normalized spacial score (nSPS) is 9.65. The quantitative estimate of drug-likeness (QED) is 0.734. The molecule has 4 heteroatoms. The van der Waals surface area contributed by atoms with E-state index in [2.05, 4.69) is 11.4 Å². The number of nitrogens with zero attached hydrogens (tertiary/aromatic N) is 1. The van der Waals surface area contributed by atoms with E-state index in [1.807, 2.05) is 19.1 Å². The van der Waals surface area contributed by atoms with E-state index < -0.39 is 0 Å². The molecule has 90 valence electrons. The van der Waals surface area contributed by atoms with Crippen LogP contribution in [0, 0.1) is 18.3 Å². The molecule has 0 aliphatic carbocycles. The lowest BCUT2D eigenvalue weighted by atomic mass is 10.1. The molecule has 0 saturated heterocycles. The van der Waals surface area contributed by atoms with Crippen molar-refractivity contribution in [1.29, 1.82) is 5.26 Å². The number of nitrogens with one attached hydrogen (secondary N) is 1. The number of hydrogen-bond donors (Lipinski definition) is 2. The van der Waals surface area contributed by atoms with Crippen LogP contribution >= 0.6 is 0 Å². The Morgan fingerprint density at radius 2 is 2.24 bits per heavy atom. The minimum atomic E-state index is -0.265. The van der Waals surface area contributed by atoms with E-state index in [9.17, 15) is 4.79 Å². The molecule has 17 heavy (non-hydrogen) atoms. The van der Waals surface area contributed by atoms with Gasteiger partial charge in [-0.15, -0.1) is 0 Å². The van der Waals surface area contributed by atoms with Crippen molar-refractivity contribution in [1.82, 2.24) is 0 Å². The predicted octanol–water partition coefficient (Wildman–Crippen LogP) is 1.93. The number of nitriles is 1.